The molecule has 0 spiro atoms. The molecule has 0 aromatic heterocycles. The quantitative estimate of drug-likeness (QED) is 0.883. The minimum Gasteiger partial charge on any atom is -0.489 e. The Morgan fingerprint density at radius 3 is 2.52 bits per heavy atom. The van der Waals surface area contributed by atoms with Crippen molar-refractivity contribution in [3.05, 3.63) is 59.7 Å². The van der Waals surface area contributed by atoms with E-state index in [1.165, 1.54) is 10.5 Å². The highest BCUT2D eigenvalue weighted by atomic mass is 16.5. The standard InChI is InChI=1S/C18H18N2O3/c1-12-6-8-14(9-7-12)11-23-16-5-3-4-15(10-16)20-13(2)17(21)19-18(20)22/h3-10,13H,11H2,1-2H3,(H,19,21,22). The third kappa shape index (κ3) is 3.18. The molecule has 118 valence electrons. The number of ether oxygens (including phenoxy) is 1. The molecule has 1 atom stereocenters. The van der Waals surface area contributed by atoms with E-state index in [1.54, 1.807) is 19.1 Å². The van der Waals surface area contributed by atoms with E-state index in [0.29, 0.717) is 18.0 Å². The second kappa shape index (κ2) is 6.12. The average Bonchev–Trinajstić information content (AvgIpc) is 2.80. The van der Waals surface area contributed by atoms with E-state index < -0.39 is 12.1 Å². The summed E-state index contributed by atoms with van der Waals surface area (Å²) in [5, 5.41) is 2.30. The van der Waals surface area contributed by atoms with E-state index in [9.17, 15) is 9.59 Å². The Labute approximate surface area is 134 Å². The zero-order chi connectivity index (χ0) is 16.4. The van der Waals surface area contributed by atoms with Gasteiger partial charge in [0.15, 0.2) is 0 Å². The number of benzene rings is 2. The fourth-order valence-corrected chi connectivity index (χ4v) is 2.48. The zero-order valence-electron chi connectivity index (χ0n) is 13.1. The zero-order valence-corrected chi connectivity index (χ0v) is 13.1. The molecule has 5 nitrogen and oxygen atoms in total. The van der Waals surface area contributed by atoms with Crippen LogP contribution >= 0.6 is 0 Å². The highest BCUT2D eigenvalue weighted by Crippen LogP contribution is 2.25. The maximum atomic E-state index is 11.9. The van der Waals surface area contributed by atoms with Crippen molar-refractivity contribution >= 4 is 17.6 Å². The van der Waals surface area contributed by atoms with Crippen molar-refractivity contribution in [2.75, 3.05) is 4.90 Å². The number of nitrogens with zero attached hydrogens (tertiary/aromatic N) is 1. The molecule has 0 saturated carbocycles. The molecule has 1 saturated heterocycles. The monoisotopic (exact) mass is 310 g/mol. The van der Waals surface area contributed by atoms with Crippen molar-refractivity contribution < 1.29 is 14.3 Å². The van der Waals surface area contributed by atoms with Crippen molar-refractivity contribution in [3.63, 3.8) is 0 Å². The van der Waals surface area contributed by atoms with Crippen LogP contribution in [0.1, 0.15) is 18.1 Å². The van der Waals surface area contributed by atoms with Crippen LogP contribution in [0.2, 0.25) is 0 Å². The van der Waals surface area contributed by atoms with Crippen LogP contribution in [0.4, 0.5) is 10.5 Å². The van der Waals surface area contributed by atoms with Crippen LogP contribution in [0.25, 0.3) is 0 Å². The third-order valence-electron chi connectivity index (χ3n) is 3.84. The summed E-state index contributed by atoms with van der Waals surface area (Å²) >= 11 is 0. The molecule has 1 unspecified atom stereocenters. The van der Waals surface area contributed by atoms with Gasteiger partial charge >= 0.3 is 6.03 Å². The van der Waals surface area contributed by atoms with Crippen molar-refractivity contribution in [1.82, 2.24) is 5.32 Å². The van der Waals surface area contributed by atoms with Gasteiger partial charge in [-0.25, -0.2) is 4.79 Å². The summed E-state index contributed by atoms with van der Waals surface area (Å²) in [5.41, 5.74) is 2.92. The number of amides is 3. The number of anilines is 1. The van der Waals surface area contributed by atoms with E-state index in [-0.39, 0.29) is 5.91 Å². The second-order valence-corrected chi connectivity index (χ2v) is 5.61. The molecular weight excluding hydrogens is 292 g/mol. The molecular formula is C18H18N2O3. The summed E-state index contributed by atoms with van der Waals surface area (Å²) in [5.74, 6) is 0.364. The van der Waals surface area contributed by atoms with E-state index in [2.05, 4.69) is 5.32 Å². The molecule has 1 fully saturated rings. The summed E-state index contributed by atoms with van der Waals surface area (Å²) in [4.78, 5) is 24.9. The summed E-state index contributed by atoms with van der Waals surface area (Å²) in [7, 11) is 0. The van der Waals surface area contributed by atoms with E-state index in [4.69, 9.17) is 4.74 Å². The fraction of sp³-hybridized carbons (Fsp3) is 0.222. The molecule has 1 N–H and O–H groups in total. The van der Waals surface area contributed by atoms with E-state index >= 15 is 0 Å². The normalized spacial score (nSPS) is 17.3. The number of imide groups is 1. The Balaban J connectivity index is 1.74. The van der Waals surface area contributed by atoms with E-state index in [0.717, 1.165) is 5.56 Å². The van der Waals surface area contributed by atoms with Crippen LogP contribution in [0.5, 0.6) is 5.75 Å². The lowest BCUT2D eigenvalue weighted by Crippen LogP contribution is -2.32. The van der Waals surface area contributed by atoms with Gasteiger partial charge in [0.2, 0.25) is 0 Å². The number of urea groups is 1. The molecule has 0 bridgehead atoms. The van der Waals surface area contributed by atoms with Gasteiger partial charge in [0.1, 0.15) is 18.4 Å². The first-order valence-corrected chi connectivity index (χ1v) is 7.47. The first-order valence-electron chi connectivity index (χ1n) is 7.47. The van der Waals surface area contributed by atoms with Gasteiger partial charge in [-0.1, -0.05) is 35.9 Å². The van der Waals surface area contributed by atoms with Crippen LogP contribution in [0.3, 0.4) is 0 Å². The van der Waals surface area contributed by atoms with Gasteiger partial charge in [-0.2, -0.15) is 0 Å². The minimum atomic E-state index is -0.519. The predicted molar refractivity (Wildman–Crippen MR) is 87.4 cm³/mol. The highest BCUT2D eigenvalue weighted by Gasteiger charge is 2.35. The van der Waals surface area contributed by atoms with Crippen molar-refractivity contribution in [2.45, 2.75) is 26.5 Å². The lowest BCUT2D eigenvalue weighted by atomic mass is 10.2. The van der Waals surface area contributed by atoms with Crippen molar-refractivity contribution in [3.8, 4) is 5.75 Å². The first kappa shape index (κ1) is 15.1. The molecule has 5 heteroatoms. The molecule has 1 aliphatic rings. The Morgan fingerprint density at radius 1 is 1.13 bits per heavy atom. The lowest BCUT2D eigenvalue weighted by Gasteiger charge is -2.19. The molecule has 1 aliphatic heterocycles. The Morgan fingerprint density at radius 2 is 1.87 bits per heavy atom. The smallest absolute Gasteiger partial charge is 0.329 e. The van der Waals surface area contributed by atoms with Gasteiger partial charge in [-0.15, -0.1) is 0 Å². The van der Waals surface area contributed by atoms with Crippen LogP contribution in [0, 0.1) is 6.92 Å². The number of rotatable bonds is 4. The van der Waals surface area contributed by atoms with Crippen molar-refractivity contribution in [2.24, 2.45) is 0 Å². The third-order valence-corrected chi connectivity index (χ3v) is 3.84. The average molecular weight is 310 g/mol. The van der Waals surface area contributed by atoms with Gasteiger partial charge in [-0.3, -0.25) is 15.0 Å². The molecule has 2 aromatic rings. The molecule has 2 aromatic carbocycles. The predicted octanol–water partition coefficient (Wildman–Crippen LogP) is 3.02. The van der Waals surface area contributed by atoms with Crippen LogP contribution in [-0.2, 0) is 11.4 Å². The summed E-state index contributed by atoms with van der Waals surface area (Å²) in [6.45, 7) is 4.18. The van der Waals surface area contributed by atoms with Gasteiger partial charge in [-0.05, 0) is 31.5 Å². The first-order chi connectivity index (χ1) is 11.0. The van der Waals surface area contributed by atoms with Crippen LogP contribution in [-0.4, -0.2) is 18.0 Å². The number of aryl methyl sites for hydroxylation is 1. The number of carbonyl (C=O) groups is 2. The number of hydrogen-bond donors (Lipinski definition) is 1. The van der Waals surface area contributed by atoms with Gasteiger partial charge < -0.3 is 4.74 Å². The number of nitrogens with one attached hydrogen (secondary N) is 1. The van der Waals surface area contributed by atoms with Crippen LogP contribution < -0.4 is 15.0 Å². The van der Waals surface area contributed by atoms with Gasteiger partial charge in [0.05, 0.1) is 5.69 Å². The summed E-state index contributed by atoms with van der Waals surface area (Å²) in [6, 6.07) is 14.4. The Hall–Kier alpha value is -2.82. The minimum absolute atomic E-state index is 0.291. The second-order valence-electron chi connectivity index (χ2n) is 5.61. The summed E-state index contributed by atoms with van der Waals surface area (Å²) in [6.07, 6.45) is 0. The molecule has 0 aliphatic carbocycles. The fourth-order valence-electron chi connectivity index (χ4n) is 2.48. The Kier molecular flexibility index (Phi) is 4.02. The SMILES string of the molecule is Cc1ccc(COc2cccc(N3C(=O)NC(=O)C3C)c2)cc1. The number of carbonyl (C=O) groups excluding carboxylic acids is 2. The molecule has 3 amide bonds. The lowest BCUT2D eigenvalue weighted by molar-refractivity contribution is -0.119. The van der Waals surface area contributed by atoms with Gasteiger partial charge in [0.25, 0.3) is 5.91 Å². The topological polar surface area (TPSA) is 58.6 Å². The molecule has 23 heavy (non-hydrogen) atoms. The highest BCUT2D eigenvalue weighted by molar-refractivity contribution is 6.14. The maximum Gasteiger partial charge on any atom is 0.329 e. The maximum absolute atomic E-state index is 11.9. The summed E-state index contributed by atoms with van der Waals surface area (Å²) < 4.78 is 5.79. The molecule has 3 rings (SSSR count). The largest absolute Gasteiger partial charge is 0.489 e. The van der Waals surface area contributed by atoms with E-state index in [1.807, 2.05) is 43.3 Å². The number of hydrogen-bond acceptors (Lipinski definition) is 3. The Bertz CT molecular complexity index is 740. The van der Waals surface area contributed by atoms with Gasteiger partial charge in [0, 0.05) is 6.07 Å². The van der Waals surface area contributed by atoms with Crippen molar-refractivity contribution in [1.29, 1.82) is 0 Å². The molecule has 1 heterocycles. The molecule has 0 radical (unpaired) electrons. The van der Waals surface area contributed by atoms with Crippen LogP contribution in [0.15, 0.2) is 48.5 Å².